The maximum absolute atomic E-state index is 4.56. The lowest BCUT2D eigenvalue weighted by Gasteiger charge is -2.10. The minimum Gasteiger partial charge on any atom is -0.311 e. The van der Waals surface area contributed by atoms with Gasteiger partial charge in [-0.2, -0.15) is 0 Å². The van der Waals surface area contributed by atoms with Crippen molar-refractivity contribution in [2.24, 2.45) is 5.92 Å². The van der Waals surface area contributed by atoms with Gasteiger partial charge in [0.05, 0.1) is 5.69 Å². The third kappa shape index (κ3) is 2.51. The fraction of sp³-hybridized carbons (Fsp3) is 0.583. The third-order valence-corrected chi connectivity index (χ3v) is 4.14. The highest BCUT2D eigenvalue weighted by atomic mass is 32.1. The number of imidazole rings is 1. The molecule has 2 aromatic heterocycles. The molecule has 0 bridgehead atoms. The van der Waals surface area contributed by atoms with Crippen LogP contribution in [0.1, 0.15) is 12.1 Å². The van der Waals surface area contributed by atoms with E-state index in [2.05, 4.69) is 44.4 Å². The van der Waals surface area contributed by atoms with Gasteiger partial charge in [0.2, 0.25) is 0 Å². The maximum atomic E-state index is 4.56. The minimum absolute atomic E-state index is 0.809. The van der Waals surface area contributed by atoms with Crippen LogP contribution in [0.4, 0.5) is 0 Å². The van der Waals surface area contributed by atoms with Gasteiger partial charge in [0.25, 0.3) is 0 Å². The molecule has 3 rings (SSSR count). The summed E-state index contributed by atoms with van der Waals surface area (Å²) in [5, 5.41) is 5.58. The summed E-state index contributed by atoms with van der Waals surface area (Å²) in [6.07, 6.45) is 5.49. The van der Waals surface area contributed by atoms with Crippen molar-refractivity contribution in [1.29, 1.82) is 0 Å². The summed E-state index contributed by atoms with van der Waals surface area (Å²) in [6, 6.07) is 0. The van der Waals surface area contributed by atoms with E-state index in [0.29, 0.717) is 0 Å². The molecule has 0 radical (unpaired) electrons. The van der Waals surface area contributed by atoms with Crippen LogP contribution in [0.2, 0.25) is 0 Å². The summed E-state index contributed by atoms with van der Waals surface area (Å²) in [7, 11) is 2.20. The predicted molar refractivity (Wildman–Crippen MR) is 70.4 cm³/mol. The van der Waals surface area contributed by atoms with Gasteiger partial charge in [-0.3, -0.25) is 4.40 Å². The molecule has 1 fully saturated rings. The Labute approximate surface area is 105 Å². The molecule has 0 aromatic carbocycles. The van der Waals surface area contributed by atoms with E-state index in [0.717, 1.165) is 29.7 Å². The van der Waals surface area contributed by atoms with Crippen molar-refractivity contribution >= 4 is 16.3 Å². The SMILES string of the molecule is CN1CCC(CNCc2cn3ccsc3n2)C1. The van der Waals surface area contributed by atoms with E-state index in [1.807, 2.05) is 0 Å². The van der Waals surface area contributed by atoms with Gasteiger partial charge in [0.15, 0.2) is 4.96 Å². The van der Waals surface area contributed by atoms with Crippen molar-refractivity contribution in [3.8, 4) is 0 Å². The number of rotatable bonds is 4. The normalized spacial score (nSPS) is 21.6. The standard InChI is InChI=1S/C12H18N4S/c1-15-3-2-10(8-15)6-13-7-11-9-16-4-5-17-12(16)14-11/h4-5,9-10,13H,2-3,6-8H2,1H3. The van der Waals surface area contributed by atoms with Gasteiger partial charge in [0.1, 0.15) is 0 Å². The Morgan fingerprint density at radius 3 is 3.29 bits per heavy atom. The number of nitrogens with zero attached hydrogens (tertiary/aromatic N) is 3. The molecule has 0 saturated carbocycles. The van der Waals surface area contributed by atoms with Crippen molar-refractivity contribution in [2.45, 2.75) is 13.0 Å². The first kappa shape index (κ1) is 11.2. The number of aromatic nitrogens is 2. The van der Waals surface area contributed by atoms with E-state index in [-0.39, 0.29) is 0 Å². The molecule has 5 heteroatoms. The molecule has 1 N–H and O–H groups in total. The van der Waals surface area contributed by atoms with Crippen LogP contribution >= 0.6 is 11.3 Å². The maximum Gasteiger partial charge on any atom is 0.193 e. The average Bonchev–Trinajstić information content (AvgIpc) is 2.94. The van der Waals surface area contributed by atoms with Gasteiger partial charge in [0, 0.05) is 30.9 Å². The Morgan fingerprint density at radius 1 is 1.59 bits per heavy atom. The fourth-order valence-corrected chi connectivity index (χ4v) is 3.18. The smallest absolute Gasteiger partial charge is 0.193 e. The zero-order valence-corrected chi connectivity index (χ0v) is 10.9. The van der Waals surface area contributed by atoms with Crippen molar-refractivity contribution in [3.63, 3.8) is 0 Å². The molecule has 1 aliphatic rings. The summed E-state index contributed by atoms with van der Waals surface area (Å²) in [6.45, 7) is 4.46. The van der Waals surface area contributed by atoms with Gasteiger partial charge in [-0.25, -0.2) is 4.98 Å². The zero-order valence-electron chi connectivity index (χ0n) is 10.1. The molecule has 2 aromatic rings. The molecule has 1 atom stereocenters. The quantitative estimate of drug-likeness (QED) is 0.891. The largest absolute Gasteiger partial charge is 0.311 e. The molecule has 0 amide bonds. The highest BCUT2D eigenvalue weighted by Gasteiger charge is 2.18. The predicted octanol–water partition coefficient (Wildman–Crippen LogP) is 1.44. The van der Waals surface area contributed by atoms with E-state index in [9.17, 15) is 0 Å². The number of hydrogen-bond donors (Lipinski definition) is 1. The zero-order chi connectivity index (χ0) is 11.7. The first-order chi connectivity index (χ1) is 8.31. The second-order valence-corrected chi connectivity index (χ2v) is 5.75. The summed E-state index contributed by atoms with van der Waals surface area (Å²) >= 11 is 1.68. The highest BCUT2D eigenvalue weighted by molar-refractivity contribution is 7.15. The molecular weight excluding hydrogens is 232 g/mol. The van der Waals surface area contributed by atoms with E-state index < -0.39 is 0 Å². The molecule has 92 valence electrons. The van der Waals surface area contributed by atoms with Gasteiger partial charge in [-0.15, -0.1) is 11.3 Å². The van der Waals surface area contributed by atoms with Gasteiger partial charge in [-0.1, -0.05) is 0 Å². The summed E-state index contributed by atoms with van der Waals surface area (Å²) < 4.78 is 2.09. The average molecular weight is 250 g/mol. The van der Waals surface area contributed by atoms with Crippen LogP contribution in [0.3, 0.4) is 0 Å². The molecular formula is C12H18N4S. The van der Waals surface area contributed by atoms with E-state index in [4.69, 9.17) is 0 Å². The van der Waals surface area contributed by atoms with Crippen molar-refractivity contribution in [3.05, 3.63) is 23.5 Å². The number of likely N-dealkylation sites (tertiary alicyclic amines) is 1. The Kier molecular flexibility index (Phi) is 3.13. The van der Waals surface area contributed by atoms with Crippen LogP contribution < -0.4 is 5.32 Å². The molecule has 0 spiro atoms. The van der Waals surface area contributed by atoms with Crippen molar-refractivity contribution in [1.82, 2.24) is 19.6 Å². The van der Waals surface area contributed by atoms with E-state index in [1.165, 1.54) is 19.5 Å². The monoisotopic (exact) mass is 250 g/mol. The molecule has 1 saturated heterocycles. The highest BCUT2D eigenvalue weighted by Crippen LogP contribution is 2.14. The summed E-state index contributed by atoms with van der Waals surface area (Å²) in [5.74, 6) is 0.809. The second kappa shape index (κ2) is 4.76. The first-order valence-corrected chi connectivity index (χ1v) is 6.99. The summed E-state index contributed by atoms with van der Waals surface area (Å²) in [5.41, 5.74) is 1.14. The molecule has 1 aliphatic heterocycles. The Bertz CT molecular complexity index is 461. The van der Waals surface area contributed by atoms with E-state index in [1.54, 1.807) is 11.3 Å². The number of fused-ring (bicyclic) bond motifs is 1. The van der Waals surface area contributed by atoms with Gasteiger partial charge >= 0.3 is 0 Å². The van der Waals surface area contributed by atoms with Crippen molar-refractivity contribution < 1.29 is 0 Å². The van der Waals surface area contributed by atoms with Crippen LogP contribution in [-0.4, -0.2) is 41.0 Å². The fourth-order valence-electron chi connectivity index (χ4n) is 2.46. The number of hydrogen-bond acceptors (Lipinski definition) is 4. The molecule has 0 aliphatic carbocycles. The Balaban J connectivity index is 1.49. The van der Waals surface area contributed by atoms with Gasteiger partial charge < -0.3 is 10.2 Å². The molecule has 4 nitrogen and oxygen atoms in total. The minimum atomic E-state index is 0.809. The molecule has 3 heterocycles. The third-order valence-electron chi connectivity index (χ3n) is 3.37. The Hall–Kier alpha value is -0.910. The second-order valence-electron chi connectivity index (χ2n) is 4.87. The topological polar surface area (TPSA) is 32.6 Å². The van der Waals surface area contributed by atoms with E-state index >= 15 is 0 Å². The van der Waals surface area contributed by atoms with Crippen molar-refractivity contribution in [2.75, 3.05) is 26.7 Å². The first-order valence-electron chi connectivity index (χ1n) is 6.11. The molecule has 1 unspecified atom stereocenters. The lowest BCUT2D eigenvalue weighted by atomic mass is 10.1. The summed E-state index contributed by atoms with van der Waals surface area (Å²) in [4.78, 5) is 8.05. The number of nitrogens with one attached hydrogen (secondary N) is 1. The van der Waals surface area contributed by atoms with Crippen LogP contribution in [0, 0.1) is 5.92 Å². The van der Waals surface area contributed by atoms with Crippen LogP contribution in [-0.2, 0) is 6.54 Å². The number of thiazole rings is 1. The van der Waals surface area contributed by atoms with Gasteiger partial charge in [-0.05, 0) is 32.5 Å². The Morgan fingerprint density at radius 2 is 2.53 bits per heavy atom. The van der Waals surface area contributed by atoms with Crippen LogP contribution in [0.5, 0.6) is 0 Å². The lowest BCUT2D eigenvalue weighted by Crippen LogP contribution is -2.24. The lowest BCUT2D eigenvalue weighted by molar-refractivity contribution is 0.388. The molecule has 17 heavy (non-hydrogen) atoms. The van der Waals surface area contributed by atoms with Crippen LogP contribution in [0.15, 0.2) is 17.8 Å². The van der Waals surface area contributed by atoms with Crippen LogP contribution in [0.25, 0.3) is 4.96 Å².